The van der Waals surface area contributed by atoms with Gasteiger partial charge in [0.1, 0.15) is 11.8 Å². The Balaban J connectivity index is 1.45. The van der Waals surface area contributed by atoms with Crippen molar-refractivity contribution in [3.8, 4) is 5.75 Å². The minimum absolute atomic E-state index is 0.188. The summed E-state index contributed by atoms with van der Waals surface area (Å²) in [5, 5.41) is 8.32. The third-order valence-corrected chi connectivity index (χ3v) is 5.72. The molecule has 162 valence electrons. The molecule has 3 rings (SSSR count). The number of carbonyl (C=O) groups is 2. The SMILES string of the molecule is O=C(N[C@@H](Cc1ccccc1)C(=O)NCCCCOc1ccc(Cl)cc1)c1cccs1. The molecule has 31 heavy (non-hydrogen) atoms. The van der Waals surface area contributed by atoms with E-state index in [0.29, 0.717) is 29.5 Å². The van der Waals surface area contributed by atoms with E-state index in [1.54, 1.807) is 18.2 Å². The molecular formula is C24H25ClN2O3S. The van der Waals surface area contributed by atoms with Crippen LogP contribution < -0.4 is 15.4 Å². The Morgan fingerprint density at radius 2 is 1.74 bits per heavy atom. The van der Waals surface area contributed by atoms with E-state index in [9.17, 15) is 9.59 Å². The van der Waals surface area contributed by atoms with Gasteiger partial charge in [-0.15, -0.1) is 11.3 Å². The summed E-state index contributed by atoms with van der Waals surface area (Å²) in [5.41, 5.74) is 0.991. The lowest BCUT2D eigenvalue weighted by Gasteiger charge is -2.18. The number of nitrogens with one attached hydrogen (secondary N) is 2. The van der Waals surface area contributed by atoms with Crippen molar-refractivity contribution >= 4 is 34.8 Å². The largest absolute Gasteiger partial charge is 0.494 e. The van der Waals surface area contributed by atoms with Crippen LogP contribution in [0.15, 0.2) is 72.1 Å². The summed E-state index contributed by atoms with van der Waals surface area (Å²) in [6.45, 7) is 1.07. The van der Waals surface area contributed by atoms with Crippen molar-refractivity contribution in [3.63, 3.8) is 0 Å². The highest BCUT2D eigenvalue weighted by molar-refractivity contribution is 7.12. The number of carbonyl (C=O) groups excluding carboxylic acids is 2. The van der Waals surface area contributed by atoms with Crippen molar-refractivity contribution in [1.82, 2.24) is 10.6 Å². The third kappa shape index (κ3) is 7.74. The lowest BCUT2D eigenvalue weighted by Crippen LogP contribution is -2.48. The maximum Gasteiger partial charge on any atom is 0.262 e. The van der Waals surface area contributed by atoms with Gasteiger partial charge in [0.25, 0.3) is 5.91 Å². The molecule has 2 aromatic carbocycles. The molecule has 0 radical (unpaired) electrons. The van der Waals surface area contributed by atoms with Gasteiger partial charge in [-0.05, 0) is 54.1 Å². The van der Waals surface area contributed by atoms with E-state index in [4.69, 9.17) is 16.3 Å². The topological polar surface area (TPSA) is 67.4 Å². The minimum Gasteiger partial charge on any atom is -0.494 e. The summed E-state index contributed by atoms with van der Waals surface area (Å²) in [6.07, 6.45) is 2.01. The van der Waals surface area contributed by atoms with Gasteiger partial charge in [-0.25, -0.2) is 0 Å². The number of hydrogen-bond donors (Lipinski definition) is 2. The molecule has 7 heteroatoms. The highest BCUT2D eigenvalue weighted by atomic mass is 35.5. The van der Waals surface area contributed by atoms with Crippen LogP contribution in [0.25, 0.3) is 0 Å². The van der Waals surface area contributed by atoms with Crippen molar-refractivity contribution in [3.05, 3.63) is 87.6 Å². The average Bonchev–Trinajstić information content (AvgIpc) is 3.32. The number of unbranched alkanes of at least 4 members (excludes halogenated alkanes) is 1. The van der Waals surface area contributed by atoms with Crippen LogP contribution in [-0.2, 0) is 11.2 Å². The van der Waals surface area contributed by atoms with Gasteiger partial charge in [-0.2, -0.15) is 0 Å². The number of hydrogen-bond acceptors (Lipinski definition) is 4. The zero-order chi connectivity index (χ0) is 21.9. The number of amides is 2. The molecule has 0 unspecified atom stereocenters. The van der Waals surface area contributed by atoms with Crippen molar-refractivity contribution in [2.24, 2.45) is 0 Å². The second-order valence-electron chi connectivity index (χ2n) is 6.99. The summed E-state index contributed by atoms with van der Waals surface area (Å²) in [6, 6.07) is 19.8. The van der Waals surface area contributed by atoms with Gasteiger partial charge in [-0.3, -0.25) is 9.59 Å². The summed E-state index contributed by atoms with van der Waals surface area (Å²) >= 11 is 7.21. The van der Waals surface area contributed by atoms with Gasteiger partial charge in [-0.1, -0.05) is 48.0 Å². The van der Waals surface area contributed by atoms with E-state index in [1.807, 2.05) is 53.9 Å². The fraction of sp³-hybridized carbons (Fsp3) is 0.250. The number of ether oxygens (including phenoxy) is 1. The van der Waals surface area contributed by atoms with Gasteiger partial charge < -0.3 is 15.4 Å². The lowest BCUT2D eigenvalue weighted by molar-refractivity contribution is -0.122. The Hall–Kier alpha value is -2.83. The number of thiophene rings is 1. The van der Waals surface area contributed by atoms with Crippen molar-refractivity contribution < 1.29 is 14.3 Å². The van der Waals surface area contributed by atoms with Crippen LogP contribution in [0.3, 0.4) is 0 Å². The number of halogens is 1. The molecule has 1 heterocycles. The zero-order valence-electron chi connectivity index (χ0n) is 17.1. The van der Waals surface area contributed by atoms with Gasteiger partial charge in [0.05, 0.1) is 11.5 Å². The highest BCUT2D eigenvalue weighted by Crippen LogP contribution is 2.15. The molecule has 0 spiro atoms. The standard InChI is InChI=1S/C24H25ClN2O3S/c25-19-10-12-20(13-11-19)30-15-5-4-14-26-23(28)21(17-18-7-2-1-3-8-18)27-24(29)22-9-6-16-31-22/h1-3,6-13,16,21H,4-5,14-15,17H2,(H,26,28)(H,27,29)/t21-/m0/s1. The Bertz CT molecular complexity index is 947. The van der Waals surface area contributed by atoms with Gasteiger partial charge >= 0.3 is 0 Å². The van der Waals surface area contributed by atoms with E-state index >= 15 is 0 Å². The van der Waals surface area contributed by atoms with Crippen LogP contribution in [-0.4, -0.2) is 31.0 Å². The molecule has 0 bridgehead atoms. The molecule has 2 N–H and O–H groups in total. The van der Waals surface area contributed by atoms with Gasteiger partial charge in [0.2, 0.25) is 5.91 Å². The first kappa shape index (κ1) is 22.8. The second kappa shape index (κ2) is 12.1. The molecule has 2 amide bonds. The quantitative estimate of drug-likeness (QED) is 0.410. The average molecular weight is 457 g/mol. The Morgan fingerprint density at radius 1 is 0.968 bits per heavy atom. The van der Waals surface area contributed by atoms with Crippen LogP contribution >= 0.6 is 22.9 Å². The van der Waals surface area contributed by atoms with Gasteiger partial charge in [0, 0.05) is 18.0 Å². The van der Waals surface area contributed by atoms with E-state index in [-0.39, 0.29) is 11.8 Å². The molecule has 0 saturated carbocycles. The van der Waals surface area contributed by atoms with E-state index in [0.717, 1.165) is 24.2 Å². The summed E-state index contributed by atoms with van der Waals surface area (Å²) in [7, 11) is 0. The molecular weight excluding hydrogens is 432 g/mol. The predicted molar refractivity (Wildman–Crippen MR) is 125 cm³/mol. The molecule has 0 aliphatic heterocycles. The second-order valence-corrected chi connectivity index (χ2v) is 8.38. The molecule has 3 aromatic rings. The van der Waals surface area contributed by atoms with Crippen molar-refractivity contribution in [2.75, 3.05) is 13.2 Å². The highest BCUT2D eigenvalue weighted by Gasteiger charge is 2.22. The summed E-state index contributed by atoms with van der Waals surface area (Å²) in [4.78, 5) is 25.8. The van der Waals surface area contributed by atoms with Crippen LogP contribution in [0.2, 0.25) is 5.02 Å². The zero-order valence-corrected chi connectivity index (χ0v) is 18.6. The molecule has 5 nitrogen and oxygen atoms in total. The van der Waals surface area contributed by atoms with Crippen molar-refractivity contribution in [2.45, 2.75) is 25.3 Å². The fourth-order valence-corrected chi connectivity index (χ4v) is 3.73. The van der Waals surface area contributed by atoms with Crippen LogP contribution in [0.4, 0.5) is 0 Å². The van der Waals surface area contributed by atoms with Crippen LogP contribution in [0.5, 0.6) is 5.75 Å². The Kier molecular flexibility index (Phi) is 8.94. The molecule has 0 saturated heterocycles. The van der Waals surface area contributed by atoms with Crippen molar-refractivity contribution in [1.29, 1.82) is 0 Å². The Morgan fingerprint density at radius 3 is 2.45 bits per heavy atom. The lowest BCUT2D eigenvalue weighted by atomic mass is 10.0. The first-order valence-electron chi connectivity index (χ1n) is 10.2. The smallest absolute Gasteiger partial charge is 0.262 e. The Labute approximate surface area is 191 Å². The number of benzene rings is 2. The fourth-order valence-electron chi connectivity index (χ4n) is 2.98. The summed E-state index contributed by atoms with van der Waals surface area (Å²) < 4.78 is 5.66. The predicted octanol–water partition coefficient (Wildman–Crippen LogP) is 4.72. The molecule has 0 aliphatic carbocycles. The maximum atomic E-state index is 12.8. The van der Waals surface area contributed by atoms with E-state index in [1.165, 1.54) is 11.3 Å². The third-order valence-electron chi connectivity index (χ3n) is 4.60. The first-order chi connectivity index (χ1) is 15.1. The van der Waals surface area contributed by atoms with Crippen LogP contribution in [0, 0.1) is 0 Å². The van der Waals surface area contributed by atoms with E-state index in [2.05, 4.69) is 10.6 Å². The number of rotatable bonds is 11. The van der Waals surface area contributed by atoms with Crippen LogP contribution in [0.1, 0.15) is 28.1 Å². The first-order valence-corrected chi connectivity index (χ1v) is 11.4. The summed E-state index contributed by atoms with van der Waals surface area (Å²) in [5.74, 6) is 0.350. The molecule has 1 atom stereocenters. The maximum absolute atomic E-state index is 12.8. The molecule has 0 fully saturated rings. The molecule has 1 aromatic heterocycles. The normalized spacial score (nSPS) is 11.5. The monoisotopic (exact) mass is 456 g/mol. The minimum atomic E-state index is -0.637. The van der Waals surface area contributed by atoms with Gasteiger partial charge in [0.15, 0.2) is 0 Å². The van der Waals surface area contributed by atoms with E-state index < -0.39 is 6.04 Å². The molecule has 0 aliphatic rings.